The maximum Gasteiger partial charge on any atom is 0.302 e. The Kier molecular flexibility index (Phi) is 5.54. The number of esters is 1. The van der Waals surface area contributed by atoms with E-state index < -0.39 is 0 Å². The molecule has 4 aromatic rings. The highest BCUT2D eigenvalue weighted by Gasteiger charge is 2.15. The lowest BCUT2D eigenvalue weighted by molar-refractivity contribution is -0.142. The van der Waals surface area contributed by atoms with Crippen molar-refractivity contribution in [3.63, 3.8) is 0 Å². The van der Waals surface area contributed by atoms with E-state index in [1.54, 1.807) is 12.3 Å². The van der Waals surface area contributed by atoms with Gasteiger partial charge in [-0.05, 0) is 29.2 Å². The highest BCUT2D eigenvalue weighted by Crippen LogP contribution is 2.30. The number of aromatic nitrogens is 3. The number of fused-ring (bicyclic) bond motifs is 1. The molecule has 0 aliphatic rings. The van der Waals surface area contributed by atoms with Crippen LogP contribution in [0.15, 0.2) is 54.7 Å². The minimum Gasteiger partial charge on any atom is -0.461 e. The maximum absolute atomic E-state index is 11.0. The number of hydrogen-bond donors (Lipinski definition) is 1. The average molecular weight is 434 g/mol. The summed E-state index contributed by atoms with van der Waals surface area (Å²) in [5.74, 6) is 0.486. The SMILES string of the molecule is CC(=O)OCc1cnc(-c2ccc(-c3nc4ccc(C(C)(C)C)cc4[nH]3)cc2)c(Cl)c1. The fourth-order valence-corrected chi connectivity index (χ4v) is 3.65. The molecule has 0 radical (unpaired) electrons. The summed E-state index contributed by atoms with van der Waals surface area (Å²) in [6.45, 7) is 8.13. The summed E-state index contributed by atoms with van der Waals surface area (Å²) in [6, 6.07) is 16.1. The summed E-state index contributed by atoms with van der Waals surface area (Å²) < 4.78 is 5.00. The van der Waals surface area contributed by atoms with Gasteiger partial charge < -0.3 is 9.72 Å². The molecule has 31 heavy (non-hydrogen) atoms. The summed E-state index contributed by atoms with van der Waals surface area (Å²) in [5, 5.41) is 0.510. The number of carbonyl (C=O) groups is 1. The first-order chi connectivity index (χ1) is 14.7. The van der Waals surface area contributed by atoms with Gasteiger partial charge in [0.1, 0.15) is 12.4 Å². The van der Waals surface area contributed by atoms with Gasteiger partial charge in [-0.2, -0.15) is 0 Å². The van der Waals surface area contributed by atoms with Crippen molar-refractivity contribution in [1.82, 2.24) is 15.0 Å². The molecule has 5 nitrogen and oxygen atoms in total. The molecule has 0 amide bonds. The van der Waals surface area contributed by atoms with Crippen LogP contribution in [0.1, 0.15) is 38.8 Å². The van der Waals surface area contributed by atoms with Crippen molar-refractivity contribution in [2.75, 3.05) is 0 Å². The molecule has 0 bridgehead atoms. The monoisotopic (exact) mass is 433 g/mol. The van der Waals surface area contributed by atoms with Gasteiger partial charge in [0.2, 0.25) is 0 Å². The van der Waals surface area contributed by atoms with Crippen LogP contribution in [0.3, 0.4) is 0 Å². The third-order valence-corrected chi connectivity index (χ3v) is 5.41. The summed E-state index contributed by atoms with van der Waals surface area (Å²) >= 11 is 6.42. The standard InChI is InChI=1S/C25H24ClN3O2/c1-15(30)31-14-16-11-20(26)23(27-13-16)17-5-7-18(8-6-17)24-28-21-10-9-19(25(2,3)4)12-22(21)29-24/h5-13H,14H2,1-4H3,(H,28,29). The molecular formula is C25H24ClN3O2. The van der Waals surface area contributed by atoms with E-state index in [0.29, 0.717) is 10.7 Å². The van der Waals surface area contributed by atoms with Crippen molar-refractivity contribution in [1.29, 1.82) is 0 Å². The normalized spacial score (nSPS) is 11.6. The predicted molar refractivity (Wildman–Crippen MR) is 124 cm³/mol. The molecule has 0 aliphatic heterocycles. The van der Waals surface area contributed by atoms with Crippen molar-refractivity contribution in [2.24, 2.45) is 0 Å². The summed E-state index contributed by atoms with van der Waals surface area (Å²) in [6.07, 6.45) is 1.67. The first-order valence-corrected chi connectivity index (χ1v) is 10.5. The number of benzene rings is 2. The highest BCUT2D eigenvalue weighted by molar-refractivity contribution is 6.33. The molecule has 0 fully saturated rings. The van der Waals surface area contributed by atoms with Crippen molar-refractivity contribution in [2.45, 2.75) is 39.7 Å². The number of aromatic amines is 1. The smallest absolute Gasteiger partial charge is 0.302 e. The van der Waals surface area contributed by atoms with E-state index in [2.05, 4.69) is 48.9 Å². The van der Waals surface area contributed by atoms with Crippen molar-refractivity contribution in [3.05, 3.63) is 70.9 Å². The largest absolute Gasteiger partial charge is 0.461 e. The van der Waals surface area contributed by atoms with Gasteiger partial charge in [-0.15, -0.1) is 0 Å². The Morgan fingerprint density at radius 2 is 1.77 bits per heavy atom. The molecule has 0 aliphatic carbocycles. The zero-order valence-electron chi connectivity index (χ0n) is 18.0. The minimum atomic E-state index is -0.337. The van der Waals surface area contributed by atoms with E-state index >= 15 is 0 Å². The Morgan fingerprint density at radius 3 is 2.42 bits per heavy atom. The van der Waals surface area contributed by atoms with Crippen LogP contribution < -0.4 is 0 Å². The Labute approximate surface area is 186 Å². The van der Waals surface area contributed by atoms with Crippen LogP contribution in [-0.2, 0) is 21.6 Å². The van der Waals surface area contributed by atoms with Crippen LogP contribution >= 0.6 is 11.6 Å². The molecular weight excluding hydrogens is 410 g/mol. The number of hydrogen-bond acceptors (Lipinski definition) is 4. The second-order valence-corrected chi connectivity index (χ2v) is 9.01. The number of ether oxygens (including phenoxy) is 1. The van der Waals surface area contributed by atoms with Gasteiger partial charge in [0, 0.05) is 29.8 Å². The van der Waals surface area contributed by atoms with Crippen LogP contribution in [0.2, 0.25) is 5.02 Å². The predicted octanol–water partition coefficient (Wildman–Crippen LogP) is 6.31. The van der Waals surface area contributed by atoms with E-state index in [-0.39, 0.29) is 18.0 Å². The number of rotatable bonds is 4. The van der Waals surface area contributed by atoms with Gasteiger partial charge in [0.25, 0.3) is 0 Å². The molecule has 2 aromatic heterocycles. The van der Waals surface area contributed by atoms with Crippen LogP contribution in [0.4, 0.5) is 0 Å². The first kappa shape index (κ1) is 21.1. The lowest BCUT2D eigenvalue weighted by Gasteiger charge is -2.18. The molecule has 0 saturated carbocycles. The first-order valence-electron chi connectivity index (χ1n) is 10.1. The molecule has 0 saturated heterocycles. The topological polar surface area (TPSA) is 67.9 Å². The minimum absolute atomic E-state index is 0.0844. The van der Waals surface area contributed by atoms with Gasteiger partial charge in [-0.3, -0.25) is 9.78 Å². The van der Waals surface area contributed by atoms with Gasteiger partial charge in [-0.25, -0.2) is 4.98 Å². The Balaban J connectivity index is 1.59. The van der Waals surface area contributed by atoms with E-state index in [9.17, 15) is 4.79 Å². The summed E-state index contributed by atoms with van der Waals surface area (Å²) in [4.78, 5) is 23.6. The van der Waals surface area contributed by atoms with Crippen LogP contribution in [0.5, 0.6) is 0 Å². The molecule has 2 heterocycles. The second-order valence-electron chi connectivity index (χ2n) is 8.60. The average Bonchev–Trinajstić information content (AvgIpc) is 3.15. The highest BCUT2D eigenvalue weighted by atomic mass is 35.5. The number of pyridine rings is 1. The fourth-order valence-electron chi connectivity index (χ4n) is 3.35. The van der Waals surface area contributed by atoms with Crippen molar-refractivity contribution < 1.29 is 9.53 Å². The molecule has 0 spiro atoms. The Hall–Kier alpha value is -3.18. The molecule has 1 N–H and O–H groups in total. The van der Waals surface area contributed by atoms with Gasteiger partial charge >= 0.3 is 5.97 Å². The molecule has 0 unspecified atom stereocenters. The van der Waals surface area contributed by atoms with E-state index in [1.807, 2.05) is 24.3 Å². The van der Waals surface area contributed by atoms with Crippen LogP contribution in [-0.4, -0.2) is 20.9 Å². The zero-order chi connectivity index (χ0) is 22.2. The van der Waals surface area contributed by atoms with Crippen molar-refractivity contribution >= 4 is 28.6 Å². The third kappa shape index (κ3) is 4.62. The Morgan fingerprint density at radius 1 is 1.06 bits per heavy atom. The van der Waals surface area contributed by atoms with Crippen molar-refractivity contribution in [3.8, 4) is 22.6 Å². The van der Waals surface area contributed by atoms with Gasteiger partial charge in [0.05, 0.1) is 21.7 Å². The fraction of sp³-hybridized carbons (Fsp3) is 0.240. The van der Waals surface area contributed by atoms with E-state index in [4.69, 9.17) is 21.3 Å². The van der Waals surface area contributed by atoms with Crippen LogP contribution in [0.25, 0.3) is 33.7 Å². The molecule has 6 heteroatoms. The number of halogens is 1. The number of carbonyl (C=O) groups excluding carboxylic acids is 1. The number of nitrogens with zero attached hydrogens (tertiary/aromatic N) is 2. The number of nitrogens with one attached hydrogen (secondary N) is 1. The number of imidazole rings is 1. The van der Waals surface area contributed by atoms with E-state index in [1.165, 1.54) is 12.5 Å². The number of H-pyrrole nitrogens is 1. The quantitative estimate of drug-likeness (QED) is 0.383. The van der Waals surface area contributed by atoms with Crippen LogP contribution in [0, 0.1) is 0 Å². The summed E-state index contributed by atoms with van der Waals surface area (Å²) in [7, 11) is 0. The van der Waals surface area contributed by atoms with Gasteiger partial charge in [-0.1, -0.05) is 62.7 Å². The molecule has 0 atom stereocenters. The molecule has 4 rings (SSSR count). The summed E-state index contributed by atoms with van der Waals surface area (Å²) in [5.41, 5.74) is 6.64. The zero-order valence-corrected chi connectivity index (χ0v) is 18.7. The Bertz CT molecular complexity index is 1250. The lowest BCUT2D eigenvalue weighted by Crippen LogP contribution is -2.10. The molecule has 158 valence electrons. The molecule has 2 aromatic carbocycles. The van der Waals surface area contributed by atoms with E-state index in [0.717, 1.165) is 33.5 Å². The second kappa shape index (κ2) is 8.16. The third-order valence-electron chi connectivity index (χ3n) is 5.12. The van der Waals surface area contributed by atoms with Gasteiger partial charge in [0.15, 0.2) is 0 Å². The maximum atomic E-state index is 11.0. The lowest BCUT2D eigenvalue weighted by atomic mass is 9.87.